The van der Waals surface area contributed by atoms with Crippen molar-refractivity contribution in [1.82, 2.24) is 4.31 Å². The first-order chi connectivity index (χ1) is 11.8. The van der Waals surface area contributed by atoms with E-state index in [1.165, 1.54) is 22.5 Å². The van der Waals surface area contributed by atoms with Gasteiger partial charge >= 0.3 is 0 Å². The molecule has 134 valence electrons. The minimum Gasteiger partial charge on any atom is -0.367 e. The highest BCUT2D eigenvalue weighted by Gasteiger charge is 2.29. The van der Waals surface area contributed by atoms with Gasteiger partial charge < -0.3 is 4.90 Å². The van der Waals surface area contributed by atoms with Crippen LogP contribution in [0.2, 0.25) is 5.02 Å². The van der Waals surface area contributed by atoms with E-state index in [1.54, 1.807) is 24.0 Å². The van der Waals surface area contributed by atoms with E-state index in [-0.39, 0.29) is 23.7 Å². The molecule has 0 unspecified atom stereocenters. The van der Waals surface area contributed by atoms with Crippen molar-refractivity contribution in [3.63, 3.8) is 0 Å². The lowest BCUT2D eigenvalue weighted by Gasteiger charge is -2.35. The van der Waals surface area contributed by atoms with Crippen LogP contribution in [0.3, 0.4) is 0 Å². The maximum absolute atomic E-state index is 13.9. The molecule has 0 saturated carbocycles. The Hall–Kier alpha value is -1.70. The number of halogens is 3. The Morgan fingerprint density at radius 3 is 2.28 bits per heavy atom. The number of benzene rings is 2. The largest absolute Gasteiger partial charge is 0.367 e. The van der Waals surface area contributed by atoms with Crippen molar-refractivity contribution in [3.05, 3.63) is 58.6 Å². The van der Waals surface area contributed by atoms with Crippen LogP contribution < -0.4 is 4.90 Å². The highest BCUT2D eigenvalue weighted by Crippen LogP contribution is 2.25. The maximum Gasteiger partial charge on any atom is 0.243 e. The molecular weight excluding hydrogens is 370 g/mol. The lowest BCUT2D eigenvalue weighted by Crippen LogP contribution is -2.48. The monoisotopic (exact) mass is 386 g/mol. The van der Waals surface area contributed by atoms with Crippen molar-refractivity contribution in [3.8, 4) is 0 Å². The quantitative estimate of drug-likeness (QED) is 0.811. The van der Waals surface area contributed by atoms with Gasteiger partial charge in [-0.25, -0.2) is 17.2 Å². The summed E-state index contributed by atoms with van der Waals surface area (Å²) < 4.78 is 53.8. The van der Waals surface area contributed by atoms with Crippen molar-refractivity contribution < 1.29 is 17.2 Å². The molecular formula is C17H17ClF2N2O2S. The molecule has 1 fully saturated rings. The van der Waals surface area contributed by atoms with Crippen LogP contribution >= 0.6 is 11.6 Å². The van der Waals surface area contributed by atoms with Crippen LogP contribution in [-0.4, -0.2) is 38.9 Å². The van der Waals surface area contributed by atoms with Crippen molar-refractivity contribution in [2.24, 2.45) is 0 Å². The Morgan fingerprint density at radius 1 is 1.00 bits per heavy atom. The van der Waals surface area contributed by atoms with E-state index < -0.39 is 21.7 Å². The van der Waals surface area contributed by atoms with Gasteiger partial charge in [-0.2, -0.15) is 4.31 Å². The summed E-state index contributed by atoms with van der Waals surface area (Å²) in [6, 6.07) is 7.98. The zero-order chi connectivity index (χ0) is 18.2. The van der Waals surface area contributed by atoms with Crippen LogP contribution in [0, 0.1) is 18.6 Å². The van der Waals surface area contributed by atoms with Gasteiger partial charge in [-0.15, -0.1) is 0 Å². The number of nitrogens with zero attached hydrogens (tertiary/aromatic N) is 2. The Balaban J connectivity index is 1.76. The van der Waals surface area contributed by atoms with E-state index in [4.69, 9.17) is 11.6 Å². The topological polar surface area (TPSA) is 40.6 Å². The fourth-order valence-electron chi connectivity index (χ4n) is 2.83. The van der Waals surface area contributed by atoms with Gasteiger partial charge in [0.1, 0.15) is 11.6 Å². The molecule has 0 bridgehead atoms. The van der Waals surface area contributed by atoms with Crippen LogP contribution in [-0.2, 0) is 10.0 Å². The molecule has 8 heteroatoms. The van der Waals surface area contributed by atoms with Gasteiger partial charge in [0.25, 0.3) is 0 Å². The van der Waals surface area contributed by atoms with Crippen LogP contribution in [0.25, 0.3) is 0 Å². The van der Waals surface area contributed by atoms with E-state index in [1.807, 2.05) is 0 Å². The molecule has 3 rings (SSSR count). The SMILES string of the molecule is Cc1cc(S(=O)(=O)N2CCN(c3ccc(F)cc3F)CC2)ccc1Cl. The second-order valence-corrected chi connectivity index (χ2v) is 8.24. The van der Waals surface area contributed by atoms with Gasteiger partial charge in [-0.05, 0) is 42.8 Å². The summed E-state index contributed by atoms with van der Waals surface area (Å²) in [5, 5.41) is 0.510. The van der Waals surface area contributed by atoms with E-state index in [2.05, 4.69) is 0 Å². The molecule has 1 heterocycles. The van der Waals surface area contributed by atoms with Crippen molar-refractivity contribution in [2.75, 3.05) is 31.1 Å². The van der Waals surface area contributed by atoms with Gasteiger partial charge in [0.05, 0.1) is 10.6 Å². The van der Waals surface area contributed by atoms with Gasteiger partial charge in [-0.3, -0.25) is 0 Å². The predicted octanol–water partition coefficient (Wildman–Crippen LogP) is 3.44. The minimum atomic E-state index is -3.63. The predicted molar refractivity (Wildman–Crippen MR) is 93.5 cm³/mol. The van der Waals surface area contributed by atoms with Gasteiger partial charge in [0.15, 0.2) is 0 Å². The molecule has 0 aliphatic carbocycles. The van der Waals surface area contributed by atoms with Crippen molar-refractivity contribution in [2.45, 2.75) is 11.8 Å². The van der Waals surface area contributed by atoms with Crippen molar-refractivity contribution in [1.29, 1.82) is 0 Å². The molecule has 4 nitrogen and oxygen atoms in total. The summed E-state index contributed by atoms with van der Waals surface area (Å²) in [6.45, 7) is 2.85. The fourth-order valence-corrected chi connectivity index (χ4v) is 4.46. The number of rotatable bonds is 3. The molecule has 0 N–H and O–H groups in total. The van der Waals surface area contributed by atoms with Gasteiger partial charge in [0.2, 0.25) is 10.0 Å². The van der Waals surface area contributed by atoms with Crippen LogP contribution in [0.5, 0.6) is 0 Å². The van der Waals surface area contributed by atoms with E-state index in [0.29, 0.717) is 23.7 Å². The third-order valence-electron chi connectivity index (χ3n) is 4.26. The standard InChI is InChI=1S/C17H17ClF2N2O2S/c1-12-10-14(3-4-15(12)18)25(23,24)22-8-6-21(7-9-22)17-5-2-13(19)11-16(17)20/h2-5,10-11H,6-9H2,1H3. The summed E-state index contributed by atoms with van der Waals surface area (Å²) >= 11 is 5.95. The molecule has 0 radical (unpaired) electrons. The normalized spacial score (nSPS) is 16.2. The minimum absolute atomic E-state index is 0.191. The number of hydrogen-bond acceptors (Lipinski definition) is 3. The molecule has 0 spiro atoms. The molecule has 0 atom stereocenters. The average molecular weight is 387 g/mol. The first-order valence-corrected chi connectivity index (χ1v) is 9.57. The second-order valence-electron chi connectivity index (χ2n) is 5.90. The molecule has 1 aliphatic heterocycles. The van der Waals surface area contributed by atoms with Crippen LogP contribution in [0.4, 0.5) is 14.5 Å². The Bertz CT molecular complexity index is 898. The number of piperazine rings is 1. The molecule has 0 aromatic heterocycles. The molecule has 1 saturated heterocycles. The Kier molecular flexibility index (Phi) is 4.99. The van der Waals surface area contributed by atoms with Crippen LogP contribution in [0.15, 0.2) is 41.3 Å². The summed E-state index contributed by atoms with van der Waals surface area (Å²) in [5.41, 5.74) is 0.968. The van der Waals surface area contributed by atoms with E-state index in [9.17, 15) is 17.2 Å². The lowest BCUT2D eigenvalue weighted by atomic mass is 10.2. The third kappa shape index (κ3) is 3.63. The molecule has 25 heavy (non-hydrogen) atoms. The number of anilines is 1. The summed E-state index contributed by atoms with van der Waals surface area (Å²) in [7, 11) is -3.63. The molecule has 0 amide bonds. The zero-order valence-corrected chi connectivity index (χ0v) is 15.1. The number of aryl methyl sites for hydroxylation is 1. The summed E-state index contributed by atoms with van der Waals surface area (Å²) in [4.78, 5) is 1.91. The number of hydrogen-bond donors (Lipinski definition) is 0. The van der Waals surface area contributed by atoms with Gasteiger partial charge in [-0.1, -0.05) is 11.6 Å². The summed E-state index contributed by atoms with van der Waals surface area (Å²) in [5.74, 6) is -1.29. The molecule has 1 aliphatic rings. The smallest absolute Gasteiger partial charge is 0.243 e. The van der Waals surface area contributed by atoms with E-state index in [0.717, 1.165) is 6.07 Å². The third-order valence-corrected chi connectivity index (χ3v) is 6.57. The maximum atomic E-state index is 13.9. The van der Waals surface area contributed by atoms with Crippen molar-refractivity contribution >= 4 is 27.3 Å². The Labute approximate surface area is 150 Å². The lowest BCUT2D eigenvalue weighted by molar-refractivity contribution is 0.383. The highest BCUT2D eigenvalue weighted by atomic mass is 35.5. The fraction of sp³-hybridized carbons (Fsp3) is 0.294. The highest BCUT2D eigenvalue weighted by molar-refractivity contribution is 7.89. The first-order valence-electron chi connectivity index (χ1n) is 7.75. The van der Waals surface area contributed by atoms with E-state index >= 15 is 0 Å². The first kappa shape index (κ1) is 18.1. The second kappa shape index (κ2) is 6.90. The van der Waals surface area contributed by atoms with Gasteiger partial charge in [0, 0.05) is 37.3 Å². The molecule has 2 aromatic carbocycles. The zero-order valence-electron chi connectivity index (χ0n) is 13.5. The van der Waals surface area contributed by atoms with Crippen LogP contribution in [0.1, 0.15) is 5.56 Å². The number of sulfonamides is 1. The summed E-state index contributed by atoms with van der Waals surface area (Å²) in [6.07, 6.45) is 0. The Morgan fingerprint density at radius 2 is 1.68 bits per heavy atom. The average Bonchev–Trinajstić information content (AvgIpc) is 2.57. The molecule has 2 aromatic rings.